The second-order valence-electron chi connectivity index (χ2n) is 29.2. The predicted molar refractivity (Wildman–Crippen MR) is 443 cm³/mol. The summed E-state index contributed by atoms with van der Waals surface area (Å²) in [5.41, 5.74) is 24.4. The Balaban J connectivity index is 1.37. The monoisotopic (exact) mass is 1700 g/mol. The van der Waals surface area contributed by atoms with Crippen LogP contribution in [-0.2, 0) is 103 Å². The number of aryl methyl sites for hydroxylation is 1. The van der Waals surface area contributed by atoms with Crippen LogP contribution in [-0.4, -0.2) is 240 Å². The van der Waals surface area contributed by atoms with Crippen LogP contribution >= 0.6 is 25.3 Å². The molecule has 5 aromatic rings. The summed E-state index contributed by atoms with van der Waals surface area (Å²) in [4.78, 5) is 231. The van der Waals surface area contributed by atoms with E-state index >= 15 is 4.79 Å². The van der Waals surface area contributed by atoms with E-state index < -0.39 is 205 Å². The number of benzene rings is 2. The molecule has 3 aromatic heterocycles. The van der Waals surface area contributed by atoms with Gasteiger partial charge in [-0.2, -0.15) is 25.3 Å². The van der Waals surface area contributed by atoms with Crippen LogP contribution in [0.1, 0.15) is 123 Å². The number of amides is 15. The molecule has 0 aliphatic carbocycles. The van der Waals surface area contributed by atoms with E-state index in [4.69, 9.17) is 28.3 Å². The van der Waals surface area contributed by atoms with Gasteiger partial charge in [0.15, 0.2) is 5.96 Å². The number of thiol groups is 2. The molecule has 5 rings (SSSR count). The summed E-state index contributed by atoms with van der Waals surface area (Å²) < 4.78 is 1.77. The number of unbranched alkanes of at least 4 members (excludes halogenated alkanes) is 2. The number of nitrogens with one attached hydrogen (secondary N) is 17. The van der Waals surface area contributed by atoms with Crippen LogP contribution < -0.4 is 97.4 Å². The van der Waals surface area contributed by atoms with Gasteiger partial charge < -0.3 is 122 Å². The summed E-state index contributed by atoms with van der Waals surface area (Å²) in [6.07, 6.45) is 3.73. The molecule has 0 saturated heterocycles. The highest BCUT2D eigenvalue weighted by atomic mass is 32.1. The van der Waals surface area contributed by atoms with Crippen molar-refractivity contribution in [1.29, 1.82) is 5.41 Å². The van der Waals surface area contributed by atoms with Crippen LogP contribution in [0.2, 0.25) is 0 Å². The van der Waals surface area contributed by atoms with Gasteiger partial charge >= 0.3 is 5.97 Å². The summed E-state index contributed by atoms with van der Waals surface area (Å²) in [6.45, 7) is 8.81. The number of H-pyrrole nitrogens is 2. The molecule has 3 heterocycles. The minimum atomic E-state index is -2.07. The van der Waals surface area contributed by atoms with E-state index in [-0.39, 0.29) is 74.1 Å². The van der Waals surface area contributed by atoms with E-state index in [0.717, 1.165) is 5.52 Å². The van der Waals surface area contributed by atoms with Gasteiger partial charge in [-0.05, 0) is 87.6 Å². The average Bonchev–Trinajstić information content (AvgIpc) is 1.66. The Morgan fingerprint density at radius 1 is 0.529 bits per heavy atom. The number of fused-ring (bicyclic) bond motifs is 2. The molecule has 0 aliphatic rings. The number of carbonyl (C=O) groups excluding carboxylic acids is 15. The molecule has 43 heteroatoms. The van der Waals surface area contributed by atoms with Gasteiger partial charge in [0.25, 0.3) is 0 Å². The fraction of sp³-hybridized carbons (Fsp3) is 0.526. The molecule has 652 valence electrons. The second kappa shape index (κ2) is 48.7. The van der Waals surface area contributed by atoms with Crippen molar-refractivity contribution in [3.63, 3.8) is 0 Å². The second-order valence-corrected chi connectivity index (χ2v) is 29.9. The Morgan fingerprint density at radius 2 is 1.05 bits per heavy atom. The van der Waals surface area contributed by atoms with E-state index in [1.807, 2.05) is 6.92 Å². The minimum Gasteiger partial charge on any atom is -0.481 e. The molecule has 0 unspecified atom stereocenters. The first-order valence-corrected chi connectivity index (χ1v) is 40.1. The number of nitrogens with zero attached hydrogens (tertiary/aromatic N) is 2. The first-order valence-electron chi connectivity index (χ1n) is 38.8. The normalized spacial score (nSPS) is 14.8. The number of primary amides is 2. The van der Waals surface area contributed by atoms with Crippen LogP contribution in [0, 0.1) is 17.2 Å². The summed E-state index contributed by atoms with van der Waals surface area (Å²) in [6, 6.07) is -4.62. The van der Waals surface area contributed by atoms with Gasteiger partial charge in [0.05, 0.1) is 31.1 Å². The molecule has 0 radical (unpaired) electrons. The summed E-state index contributed by atoms with van der Waals surface area (Å²) in [5, 5.41) is 64.3. The minimum absolute atomic E-state index is 0.0370. The number of para-hydroxylation sites is 2. The van der Waals surface area contributed by atoms with Crippen LogP contribution in [0.25, 0.3) is 21.8 Å². The van der Waals surface area contributed by atoms with Crippen LogP contribution in [0.4, 0.5) is 0 Å². The first-order chi connectivity index (χ1) is 56.4. The highest BCUT2D eigenvalue weighted by Gasteiger charge is 2.39. The van der Waals surface area contributed by atoms with Gasteiger partial charge in [0.1, 0.15) is 72.5 Å². The maximum Gasteiger partial charge on any atom is 0.305 e. The maximum absolute atomic E-state index is 15.0. The van der Waals surface area contributed by atoms with E-state index in [9.17, 15) is 82.1 Å². The van der Waals surface area contributed by atoms with E-state index in [1.165, 1.54) is 32.6 Å². The van der Waals surface area contributed by atoms with Crippen molar-refractivity contribution in [2.24, 2.45) is 41.8 Å². The van der Waals surface area contributed by atoms with E-state index in [0.29, 0.717) is 59.6 Å². The Morgan fingerprint density at radius 3 is 1.63 bits per heavy atom. The molecule has 14 atom stereocenters. The number of guanidine groups is 1. The predicted octanol–water partition coefficient (Wildman–Crippen LogP) is -4.69. The third-order valence-corrected chi connectivity index (χ3v) is 20.1. The smallest absolute Gasteiger partial charge is 0.305 e. The quantitative estimate of drug-likeness (QED) is 0.00753. The van der Waals surface area contributed by atoms with Gasteiger partial charge in [-0.25, -0.2) is 4.98 Å². The number of carbonyl (C=O) groups is 16. The number of aromatic nitrogens is 4. The summed E-state index contributed by atoms with van der Waals surface area (Å²) in [5.74, 6) is -18.1. The van der Waals surface area contributed by atoms with Crippen molar-refractivity contribution in [1.82, 2.24) is 94.0 Å². The molecule has 119 heavy (non-hydrogen) atoms. The fourth-order valence-corrected chi connectivity index (χ4v) is 13.1. The molecule has 27 N–H and O–H groups in total. The lowest BCUT2D eigenvalue weighted by atomic mass is 9.97. The Hall–Kier alpha value is -11.9. The van der Waals surface area contributed by atoms with Crippen LogP contribution in [0.3, 0.4) is 0 Å². The zero-order valence-corrected chi connectivity index (χ0v) is 69.1. The zero-order chi connectivity index (χ0) is 88.3. The molecule has 0 saturated carbocycles. The van der Waals surface area contributed by atoms with E-state index in [1.54, 1.807) is 87.1 Å². The molecule has 0 bridgehead atoms. The third kappa shape index (κ3) is 31.5. The summed E-state index contributed by atoms with van der Waals surface area (Å²) in [7, 11) is 1.74. The van der Waals surface area contributed by atoms with Gasteiger partial charge in [-0.3, -0.25) is 82.1 Å². The number of hydrogen-bond acceptors (Lipinski definition) is 22. The molecule has 41 nitrogen and oxygen atoms in total. The Bertz CT molecular complexity index is 4370. The number of imidazole rings is 1. The van der Waals surface area contributed by atoms with Crippen molar-refractivity contribution in [2.45, 2.75) is 204 Å². The highest BCUT2D eigenvalue weighted by Crippen LogP contribution is 2.24. The average molecular weight is 1700 g/mol. The lowest BCUT2D eigenvalue weighted by molar-refractivity contribution is -0.141. The first kappa shape index (κ1) is 97.7. The number of carboxylic acids is 1. The number of carboxylic acid groups (broad SMARTS) is 1. The number of aliphatic hydroxyl groups is 1. The maximum atomic E-state index is 15.0. The number of rotatable bonds is 52. The van der Waals surface area contributed by atoms with Crippen molar-refractivity contribution in [3.8, 4) is 0 Å². The number of hydrogen-bond donors (Lipinski definition) is 25. The fourth-order valence-electron chi connectivity index (χ4n) is 12.5. The van der Waals surface area contributed by atoms with Crippen molar-refractivity contribution in [3.05, 3.63) is 90.3 Å². The number of nitrogens with two attached hydrogens (primary N) is 4. The third-order valence-electron chi connectivity index (χ3n) is 19.4. The number of aliphatic carboxylic acids is 1. The van der Waals surface area contributed by atoms with Crippen molar-refractivity contribution < 1.29 is 86.9 Å². The lowest BCUT2D eigenvalue weighted by Crippen LogP contribution is -2.61. The molecule has 15 amide bonds. The molecular formula is C76H113N23O18S2. The van der Waals surface area contributed by atoms with Gasteiger partial charge in [0, 0.05) is 97.6 Å². The largest absolute Gasteiger partial charge is 0.481 e. The highest BCUT2D eigenvalue weighted by molar-refractivity contribution is 7.80. The molecular weight excluding hydrogens is 1590 g/mol. The van der Waals surface area contributed by atoms with Crippen LogP contribution in [0.5, 0.6) is 0 Å². The zero-order valence-electron chi connectivity index (χ0n) is 67.3. The summed E-state index contributed by atoms with van der Waals surface area (Å²) >= 11 is 8.50. The molecule has 0 aliphatic heterocycles. The Labute approximate surface area is 697 Å². The molecule has 0 spiro atoms. The van der Waals surface area contributed by atoms with Crippen molar-refractivity contribution in [2.75, 3.05) is 31.1 Å². The van der Waals surface area contributed by atoms with E-state index in [2.05, 4.69) is 115 Å². The van der Waals surface area contributed by atoms with Crippen molar-refractivity contribution >= 4 is 148 Å². The number of aromatic amines is 2. The molecule has 0 fully saturated rings. The lowest BCUT2D eigenvalue weighted by Gasteiger charge is -2.29. The van der Waals surface area contributed by atoms with Gasteiger partial charge in [-0.15, -0.1) is 0 Å². The van der Waals surface area contributed by atoms with Gasteiger partial charge in [0.2, 0.25) is 88.6 Å². The van der Waals surface area contributed by atoms with Gasteiger partial charge in [-0.1, -0.05) is 76.9 Å². The Kier molecular flexibility index (Phi) is 40.0. The number of aliphatic hydroxyl groups excluding tert-OH is 1. The SMILES string of the molecule is CC[C@H](C)[C@H](NC(=O)CCCCCN)C(=O)N[C@@H](CS)C(=O)N[C@H](C(=O)N[C@@H](Cc1cn(C)c2ccccc12)C(=O)N[C@@H](CCC(N)=O)C(=O)N[C@@H](CC(=O)O)C(=O)N[C@@H](Cc1c[nH]c2ccccc12)C(=O)NCC(=O)N[C@@H](C)C(=O)N[C@@H](Cc1c[nH]cn1)C(=O)N[C@@H](CCCNC(=N)N)C(=O)N[C@@H](CS)C(=O)N[C@H](C(N)=O)[C@@H](C)O)C(C)C. The topological polar surface area (TPSA) is 659 Å². The molecule has 2 aromatic carbocycles. The van der Waals surface area contributed by atoms with Crippen LogP contribution in [0.15, 0.2) is 73.4 Å². The standard InChI is InChI=1S/C76H113N23O18S2/c1-8-39(4)62(96-58(102)22-10-9-15-25-77)75(117)95-55(36-119)72(114)97-61(38(2)3)74(116)93-51(28-43-34-99(7)56-21-14-12-18-46(43)56)69(111)89-49(23-24-57(78)101)68(110)92-53(30-60(104)105)71(113)91-50(27-42-31-84-47-19-13-11-17-45(42)47)66(108)85-33-59(103)87-40(5)65(107)90-52(29-44-32-82-37-86-44)70(112)88-48(20-16-26-83-76(80)81)67(109)94-54(35-118)73(115)98-63(41(6)100)64(79)106/h11-14,17-19,21,31-32,34,37-41,48-55,61-63,84,100,118-119H,8-10,15-16,20,22-30,33,35-36,77H2,1-7H3,(H2,78,101)(H2,79,106)(H,82,86)(H,85,108)(H,87,103)(H,88,112)(H,89,111)(H,90,107)(H,91,113)(H,92,110)(H,93,116)(H,94,109)(H,95,117)(H,96,102)(H,97,114)(H,98,115)(H,104,105)(H4,80,81,83)/t39-,40-,41+,48-,49-,50-,51-,52-,53-,54-,55-,61-,62-,63-/m0/s1.